The van der Waals surface area contributed by atoms with Crippen molar-refractivity contribution in [1.82, 2.24) is 4.90 Å². The molecule has 0 radical (unpaired) electrons. The van der Waals surface area contributed by atoms with Gasteiger partial charge in [0.15, 0.2) is 6.29 Å². The third-order valence-electron chi connectivity index (χ3n) is 9.62. The molecule has 2 heterocycles. The Labute approximate surface area is 326 Å². The Bertz CT molecular complexity index is 1560. The molecule has 0 amide bonds. The number of nitrogens with zero attached hydrogens (tertiary/aromatic N) is 2. The second kappa shape index (κ2) is 21.7. The Morgan fingerprint density at radius 3 is 2.23 bits per heavy atom. The molecule has 56 heavy (non-hydrogen) atoms. The molecule has 0 aliphatic carbocycles. The highest BCUT2D eigenvalue weighted by Crippen LogP contribution is 2.35. The first-order valence-electron chi connectivity index (χ1n) is 18.4. The Balaban J connectivity index is 2.08. The van der Waals surface area contributed by atoms with Gasteiger partial charge in [-0.1, -0.05) is 25.2 Å². The first-order valence-corrected chi connectivity index (χ1v) is 18.4. The molecule has 0 saturated carbocycles. The average molecular weight is 791 g/mol. The zero-order valence-electron chi connectivity index (χ0n) is 33.0. The molecule has 17 heteroatoms. The van der Waals surface area contributed by atoms with Gasteiger partial charge in [0, 0.05) is 45.9 Å². The molecule has 1 aromatic carbocycles. The molecule has 2 aliphatic heterocycles. The van der Waals surface area contributed by atoms with Crippen LogP contribution in [0.3, 0.4) is 0 Å². The van der Waals surface area contributed by atoms with E-state index in [1.807, 2.05) is 6.92 Å². The van der Waals surface area contributed by atoms with Gasteiger partial charge in [0.1, 0.15) is 42.9 Å². The first-order chi connectivity index (χ1) is 26.5. The summed E-state index contributed by atoms with van der Waals surface area (Å²) in [5.41, 5.74) is -0.175. The average Bonchev–Trinajstić information content (AvgIpc) is 3.11. The van der Waals surface area contributed by atoms with E-state index in [-0.39, 0.29) is 24.1 Å². The largest absolute Gasteiger partial charge is 0.462 e. The highest BCUT2D eigenvalue weighted by molar-refractivity contribution is 5.89. The van der Waals surface area contributed by atoms with Gasteiger partial charge < -0.3 is 48.0 Å². The lowest BCUT2D eigenvalue weighted by atomic mass is 9.82. The summed E-state index contributed by atoms with van der Waals surface area (Å²) in [7, 11) is 4.62. The number of ether oxygens (including phenoxy) is 7. The van der Waals surface area contributed by atoms with E-state index in [0.29, 0.717) is 12.7 Å². The standard InChI is InChI=1S/C39H54N2O15/c1-22-20-28(18-19-42)36(37(50-8)31(54-26(5)44)21-32(45)51-23(2)12-10-9-11-13-30(22)53-25(4)43)56-39-34(46)33(40(6)7)35(24(3)52-39)55-38(47)27-14-16-29(17-15-27)41(48)49/h9-11,13-17,19,22-24,28,30-31,33-37,39,46H,12,18,20-21H2,1-8H3/b10-9+,13-11+/t22-,23-,24-,28+,30+,31-,33-,34-,35-,36+,37+,39+/m1/s1. The maximum absolute atomic E-state index is 13.2. The van der Waals surface area contributed by atoms with Gasteiger partial charge in [-0.15, -0.1) is 0 Å². The number of cyclic esters (lactones) is 1. The van der Waals surface area contributed by atoms with Gasteiger partial charge in [-0.05, 0) is 64.4 Å². The van der Waals surface area contributed by atoms with Crippen LogP contribution in [0.2, 0.25) is 0 Å². The molecule has 0 spiro atoms. The summed E-state index contributed by atoms with van der Waals surface area (Å²) in [4.78, 5) is 75.5. The molecule has 2 aliphatic rings. The number of methoxy groups -OCH3 is 1. The van der Waals surface area contributed by atoms with Gasteiger partial charge >= 0.3 is 23.9 Å². The van der Waals surface area contributed by atoms with E-state index in [1.165, 1.54) is 38.3 Å². The molecule has 0 unspecified atom stereocenters. The lowest BCUT2D eigenvalue weighted by Crippen LogP contribution is -2.64. The summed E-state index contributed by atoms with van der Waals surface area (Å²) in [6, 6.07) is 3.91. The van der Waals surface area contributed by atoms with Gasteiger partial charge in [-0.2, -0.15) is 0 Å². The number of hydrogen-bond acceptors (Lipinski definition) is 16. The number of aliphatic hydroxyl groups is 1. The van der Waals surface area contributed by atoms with Crippen molar-refractivity contribution >= 4 is 35.9 Å². The van der Waals surface area contributed by atoms with Crippen LogP contribution >= 0.6 is 0 Å². The van der Waals surface area contributed by atoms with E-state index in [0.717, 1.165) is 6.92 Å². The van der Waals surface area contributed by atoms with Crippen LogP contribution in [0.4, 0.5) is 5.69 Å². The number of carbonyl (C=O) groups is 5. The lowest BCUT2D eigenvalue weighted by Gasteiger charge is -2.47. The van der Waals surface area contributed by atoms with E-state index in [9.17, 15) is 39.2 Å². The Morgan fingerprint density at radius 2 is 1.66 bits per heavy atom. The first kappa shape index (κ1) is 45.8. The molecule has 1 saturated heterocycles. The van der Waals surface area contributed by atoms with Crippen molar-refractivity contribution in [2.75, 3.05) is 21.2 Å². The minimum absolute atomic E-state index is 0.0374. The fraction of sp³-hybridized carbons (Fsp3) is 0.615. The topological polar surface area (TPSA) is 217 Å². The van der Waals surface area contributed by atoms with Crippen molar-refractivity contribution in [3.05, 3.63) is 64.2 Å². The summed E-state index contributed by atoms with van der Waals surface area (Å²) in [5, 5.41) is 23.0. The predicted octanol–water partition coefficient (Wildman–Crippen LogP) is 3.49. The summed E-state index contributed by atoms with van der Waals surface area (Å²) in [5.74, 6) is -3.95. The number of hydrogen-bond donors (Lipinski definition) is 1. The van der Waals surface area contributed by atoms with Crippen LogP contribution in [0.1, 0.15) is 70.7 Å². The van der Waals surface area contributed by atoms with Crippen molar-refractivity contribution in [2.45, 2.75) is 121 Å². The number of benzene rings is 1. The fourth-order valence-electron chi connectivity index (χ4n) is 6.98. The maximum Gasteiger partial charge on any atom is 0.338 e. The predicted molar refractivity (Wildman–Crippen MR) is 198 cm³/mol. The SMILES string of the molecule is CO[C@@H]1[C@@H](O[C@@H]2O[C@H](C)[C@@H](OC(=O)c3ccc([N+](=O)[O-])cc3)[C@H](N(C)C)[C@H]2O)[C@@H](CC=O)C[C@@H](C)[C@@H](OC(C)=O)/C=C/C=C/C[C@@H](C)OC(=O)C[C@H]1OC(C)=O. The third kappa shape index (κ3) is 13.0. The number of aliphatic hydroxyl groups excluding tert-OH is 1. The molecular weight excluding hydrogens is 736 g/mol. The second-order valence-electron chi connectivity index (χ2n) is 14.3. The van der Waals surface area contributed by atoms with Crippen molar-refractivity contribution < 1.29 is 67.2 Å². The van der Waals surface area contributed by atoms with Crippen molar-refractivity contribution in [3.63, 3.8) is 0 Å². The van der Waals surface area contributed by atoms with Crippen molar-refractivity contribution in [3.8, 4) is 0 Å². The highest BCUT2D eigenvalue weighted by Gasteiger charge is 2.50. The fourth-order valence-corrected chi connectivity index (χ4v) is 6.98. The molecule has 1 N–H and O–H groups in total. The van der Waals surface area contributed by atoms with Gasteiger partial charge in [-0.25, -0.2) is 4.79 Å². The van der Waals surface area contributed by atoms with Gasteiger partial charge in [0.05, 0.1) is 35.2 Å². The Morgan fingerprint density at radius 1 is 1.00 bits per heavy atom. The molecule has 0 bridgehead atoms. The van der Waals surface area contributed by atoms with Crippen molar-refractivity contribution in [1.29, 1.82) is 0 Å². The van der Waals surface area contributed by atoms with E-state index < -0.39 is 108 Å². The number of aldehydes is 1. The Kier molecular flexibility index (Phi) is 17.7. The minimum atomic E-state index is -1.51. The number of esters is 4. The third-order valence-corrected chi connectivity index (χ3v) is 9.62. The van der Waals surface area contributed by atoms with Crippen LogP contribution in [0, 0.1) is 22.0 Å². The molecule has 3 rings (SSSR count). The van der Waals surface area contributed by atoms with Crippen LogP contribution in [-0.2, 0) is 52.3 Å². The zero-order chi connectivity index (χ0) is 41.7. The summed E-state index contributed by atoms with van der Waals surface area (Å²) < 4.78 is 41.4. The molecule has 12 atom stereocenters. The van der Waals surface area contributed by atoms with Gasteiger partial charge in [0.2, 0.25) is 0 Å². The number of nitro benzene ring substituents is 1. The van der Waals surface area contributed by atoms with Gasteiger partial charge in [0.25, 0.3) is 5.69 Å². The number of rotatable bonds is 11. The van der Waals surface area contributed by atoms with E-state index >= 15 is 0 Å². The molecule has 1 fully saturated rings. The summed E-state index contributed by atoms with van der Waals surface area (Å²) in [6.45, 7) is 7.57. The van der Waals surface area contributed by atoms with Crippen molar-refractivity contribution in [2.24, 2.45) is 11.8 Å². The van der Waals surface area contributed by atoms with Crippen LogP contribution in [0.5, 0.6) is 0 Å². The second-order valence-corrected chi connectivity index (χ2v) is 14.3. The minimum Gasteiger partial charge on any atom is -0.462 e. The number of nitro groups is 1. The number of likely N-dealkylation sites (N-methyl/N-ethyl adjacent to an activating group) is 1. The number of carbonyl (C=O) groups excluding carboxylic acids is 5. The quantitative estimate of drug-likeness (QED) is 0.112. The van der Waals surface area contributed by atoms with Crippen LogP contribution in [-0.4, -0.2) is 127 Å². The van der Waals surface area contributed by atoms with E-state index in [1.54, 1.807) is 57.1 Å². The Hall–Kier alpha value is -4.55. The molecule has 310 valence electrons. The molecular formula is C39H54N2O15. The molecule has 1 aromatic rings. The normalized spacial score (nSPS) is 33.0. The zero-order valence-corrected chi connectivity index (χ0v) is 33.0. The summed E-state index contributed by atoms with van der Waals surface area (Å²) >= 11 is 0. The number of allylic oxidation sites excluding steroid dienone is 2. The monoisotopic (exact) mass is 790 g/mol. The maximum atomic E-state index is 13.2. The van der Waals surface area contributed by atoms with E-state index in [4.69, 9.17) is 33.2 Å². The highest BCUT2D eigenvalue weighted by atomic mass is 16.7. The lowest BCUT2D eigenvalue weighted by molar-refractivity contribution is -0.384. The molecule has 17 nitrogen and oxygen atoms in total. The van der Waals surface area contributed by atoms with Crippen LogP contribution in [0.25, 0.3) is 0 Å². The van der Waals surface area contributed by atoms with Gasteiger partial charge in [-0.3, -0.25) is 24.5 Å². The summed E-state index contributed by atoms with van der Waals surface area (Å²) in [6.07, 6.45) is -2.45. The smallest absolute Gasteiger partial charge is 0.338 e. The van der Waals surface area contributed by atoms with Crippen LogP contribution in [0.15, 0.2) is 48.6 Å². The van der Waals surface area contributed by atoms with E-state index in [2.05, 4.69) is 0 Å². The number of non-ortho nitro benzene ring substituents is 1. The molecule has 0 aromatic heterocycles. The van der Waals surface area contributed by atoms with Crippen LogP contribution < -0.4 is 0 Å².